The maximum Gasteiger partial charge on any atom is 0.262 e. The molecule has 1 aromatic carbocycles. The van der Waals surface area contributed by atoms with Crippen LogP contribution in [-0.2, 0) is 10.0 Å². The number of aryl methyl sites for hydroxylation is 3. The number of hydrogen-bond donors (Lipinski definition) is 1. The van der Waals surface area contributed by atoms with E-state index in [2.05, 4.69) is 9.71 Å². The Morgan fingerprint density at radius 2 is 1.67 bits per heavy atom. The first-order chi connectivity index (χ1) is 9.70. The summed E-state index contributed by atoms with van der Waals surface area (Å²) >= 11 is 5.81. The van der Waals surface area contributed by atoms with Crippen molar-refractivity contribution in [1.29, 1.82) is 0 Å². The van der Waals surface area contributed by atoms with E-state index in [9.17, 15) is 12.8 Å². The van der Waals surface area contributed by atoms with Crippen LogP contribution in [0, 0.1) is 26.6 Å². The van der Waals surface area contributed by atoms with E-state index in [1.54, 1.807) is 26.8 Å². The van der Waals surface area contributed by atoms with E-state index in [-0.39, 0.29) is 4.90 Å². The highest BCUT2D eigenvalue weighted by molar-refractivity contribution is 7.92. The zero-order chi connectivity index (χ0) is 15.8. The molecule has 0 amide bonds. The Balaban J connectivity index is 2.46. The van der Waals surface area contributed by atoms with Gasteiger partial charge in [-0.2, -0.15) is 0 Å². The van der Waals surface area contributed by atoms with E-state index in [0.29, 0.717) is 27.5 Å². The van der Waals surface area contributed by atoms with Crippen LogP contribution in [0.3, 0.4) is 0 Å². The summed E-state index contributed by atoms with van der Waals surface area (Å²) in [5.41, 5.74) is 1.65. The topological polar surface area (TPSA) is 59.1 Å². The Kier molecular flexibility index (Phi) is 4.20. The molecule has 0 saturated heterocycles. The summed E-state index contributed by atoms with van der Waals surface area (Å²) in [6, 6.07) is 3.96. The predicted molar refractivity (Wildman–Crippen MR) is 80.7 cm³/mol. The van der Waals surface area contributed by atoms with Crippen LogP contribution < -0.4 is 4.72 Å². The summed E-state index contributed by atoms with van der Waals surface area (Å²) in [4.78, 5) is 3.96. The molecule has 4 nitrogen and oxygen atoms in total. The SMILES string of the molecule is Cc1cc(NS(=O)(=O)c2c(C)cc(F)cc2C)cnc1Cl. The van der Waals surface area contributed by atoms with Crippen molar-refractivity contribution in [2.24, 2.45) is 0 Å². The number of nitrogens with one attached hydrogen (secondary N) is 1. The maximum atomic E-state index is 13.3. The molecule has 0 bridgehead atoms. The third-order valence-electron chi connectivity index (χ3n) is 2.96. The fourth-order valence-electron chi connectivity index (χ4n) is 2.14. The molecule has 0 aliphatic rings. The third-order valence-corrected chi connectivity index (χ3v) is 5.04. The van der Waals surface area contributed by atoms with E-state index < -0.39 is 15.8 Å². The van der Waals surface area contributed by atoms with Crippen LogP contribution >= 0.6 is 11.6 Å². The summed E-state index contributed by atoms with van der Waals surface area (Å²) in [5.74, 6) is -0.465. The zero-order valence-corrected chi connectivity index (χ0v) is 13.3. The van der Waals surface area contributed by atoms with E-state index in [0.717, 1.165) is 0 Å². The number of pyridine rings is 1. The summed E-state index contributed by atoms with van der Waals surface area (Å²) in [6.45, 7) is 4.83. The molecule has 0 saturated carbocycles. The van der Waals surface area contributed by atoms with Gasteiger partial charge in [0.2, 0.25) is 0 Å². The monoisotopic (exact) mass is 328 g/mol. The molecular weight excluding hydrogens is 315 g/mol. The van der Waals surface area contributed by atoms with E-state index in [1.165, 1.54) is 18.3 Å². The van der Waals surface area contributed by atoms with Crippen molar-refractivity contribution >= 4 is 27.3 Å². The van der Waals surface area contributed by atoms with Crippen molar-refractivity contribution in [3.63, 3.8) is 0 Å². The Hall–Kier alpha value is -1.66. The summed E-state index contributed by atoms with van der Waals surface area (Å²) in [6.07, 6.45) is 1.33. The summed E-state index contributed by atoms with van der Waals surface area (Å²) in [5, 5.41) is 0.312. The van der Waals surface area contributed by atoms with E-state index in [1.807, 2.05) is 0 Å². The van der Waals surface area contributed by atoms with Gasteiger partial charge in [-0.15, -0.1) is 0 Å². The normalized spacial score (nSPS) is 11.5. The van der Waals surface area contributed by atoms with Crippen molar-refractivity contribution in [3.05, 3.63) is 52.1 Å². The number of sulfonamides is 1. The quantitative estimate of drug-likeness (QED) is 0.876. The van der Waals surface area contributed by atoms with Crippen LogP contribution in [0.1, 0.15) is 16.7 Å². The van der Waals surface area contributed by atoms with Crippen molar-refractivity contribution in [3.8, 4) is 0 Å². The second-order valence-electron chi connectivity index (χ2n) is 4.81. The lowest BCUT2D eigenvalue weighted by molar-refractivity contribution is 0.597. The second kappa shape index (κ2) is 5.61. The van der Waals surface area contributed by atoms with Crippen molar-refractivity contribution in [2.45, 2.75) is 25.7 Å². The average molecular weight is 329 g/mol. The van der Waals surface area contributed by atoms with Crippen LogP contribution in [0.5, 0.6) is 0 Å². The molecule has 1 N–H and O–H groups in total. The van der Waals surface area contributed by atoms with Gasteiger partial charge in [0, 0.05) is 0 Å². The Morgan fingerprint density at radius 1 is 1.10 bits per heavy atom. The molecule has 0 radical (unpaired) electrons. The minimum absolute atomic E-state index is 0.0662. The van der Waals surface area contributed by atoms with Crippen LogP contribution in [-0.4, -0.2) is 13.4 Å². The average Bonchev–Trinajstić information content (AvgIpc) is 2.31. The molecule has 7 heteroatoms. The number of anilines is 1. The number of hydrogen-bond acceptors (Lipinski definition) is 3. The number of benzene rings is 1. The van der Waals surface area contributed by atoms with Gasteiger partial charge in [0.1, 0.15) is 11.0 Å². The molecule has 0 atom stereocenters. The van der Waals surface area contributed by atoms with Gasteiger partial charge in [0.15, 0.2) is 0 Å². The molecule has 2 aromatic rings. The smallest absolute Gasteiger partial charge is 0.262 e. The second-order valence-corrected chi connectivity index (χ2v) is 6.78. The molecule has 0 spiro atoms. The lowest BCUT2D eigenvalue weighted by Crippen LogP contribution is -2.16. The van der Waals surface area contributed by atoms with Crippen LogP contribution in [0.4, 0.5) is 10.1 Å². The van der Waals surface area contributed by atoms with Crippen LogP contribution in [0.15, 0.2) is 29.3 Å². The number of rotatable bonds is 3. The van der Waals surface area contributed by atoms with Crippen LogP contribution in [0.2, 0.25) is 5.15 Å². The van der Waals surface area contributed by atoms with Gasteiger partial charge < -0.3 is 0 Å². The number of nitrogens with zero attached hydrogens (tertiary/aromatic N) is 1. The van der Waals surface area contributed by atoms with Crippen molar-refractivity contribution in [1.82, 2.24) is 4.98 Å². The Bertz CT molecular complexity index is 784. The number of halogens is 2. The maximum absolute atomic E-state index is 13.3. The molecule has 0 aliphatic carbocycles. The predicted octanol–water partition coefficient (Wildman–Crippen LogP) is 3.60. The lowest BCUT2D eigenvalue weighted by atomic mass is 10.1. The first-order valence-corrected chi connectivity index (χ1v) is 7.98. The Morgan fingerprint density at radius 3 is 2.19 bits per heavy atom. The van der Waals surface area contributed by atoms with Crippen molar-refractivity contribution in [2.75, 3.05) is 4.72 Å². The Labute approximate surface area is 128 Å². The first kappa shape index (κ1) is 15.7. The lowest BCUT2D eigenvalue weighted by Gasteiger charge is -2.13. The van der Waals surface area contributed by atoms with Gasteiger partial charge in [0.25, 0.3) is 10.0 Å². The van der Waals surface area contributed by atoms with Gasteiger partial charge in [-0.05, 0) is 55.7 Å². The highest BCUT2D eigenvalue weighted by atomic mass is 35.5. The summed E-state index contributed by atoms with van der Waals surface area (Å²) < 4.78 is 40.6. The zero-order valence-electron chi connectivity index (χ0n) is 11.7. The molecule has 0 fully saturated rings. The molecule has 1 aromatic heterocycles. The van der Waals surface area contributed by atoms with Gasteiger partial charge in [-0.25, -0.2) is 17.8 Å². The summed E-state index contributed by atoms with van der Waals surface area (Å²) in [7, 11) is -3.82. The van der Waals surface area contributed by atoms with E-state index in [4.69, 9.17) is 11.6 Å². The molecular formula is C14H14ClFN2O2S. The highest BCUT2D eigenvalue weighted by Gasteiger charge is 2.20. The highest BCUT2D eigenvalue weighted by Crippen LogP contribution is 2.25. The van der Waals surface area contributed by atoms with E-state index >= 15 is 0 Å². The van der Waals surface area contributed by atoms with Gasteiger partial charge in [-0.1, -0.05) is 11.6 Å². The standard InChI is InChI=1S/C14H14ClFN2O2S/c1-8-4-11(16)5-9(2)13(8)21(19,20)18-12-6-10(3)14(15)17-7-12/h4-7,18H,1-3H3. The molecule has 112 valence electrons. The van der Waals surface area contributed by atoms with Crippen LogP contribution in [0.25, 0.3) is 0 Å². The van der Waals surface area contributed by atoms with Gasteiger partial charge >= 0.3 is 0 Å². The fraction of sp³-hybridized carbons (Fsp3) is 0.214. The molecule has 2 rings (SSSR count). The molecule has 0 aliphatic heterocycles. The molecule has 1 heterocycles. The van der Waals surface area contributed by atoms with Gasteiger partial charge in [-0.3, -0.25) is 4.72 Å². The minimum atomic E-state index is -3.82. The number of aromatic nitrogens is 1. The van der Waals surface area contributed by atoms with Crippen molar-refractivity contribution < 1.29 is 12.8 Å². The fourth-order valence-corrected chi connectivity index (χ4v) is 3.73. The largest absolute Gasteiger partial charge is 0.278 e. The molecule has 0 unspecified atom stereocenters. The van der Waals surface area contributed by atoms with Gasteiger partial charge in [0.05, 0.1) is 16.8 Å². The third kappa shape index (κ3) is 3.33. The minimum Gasteiger partial charge on any atom is -0.278 e. The first-order valence-electron chi connectivity index (χ1n) is 6.12. The molecule has 21 heavy (non-hydrogen) atoms.